The smallest absolute Gasteiger partial charge is 0.322 e. The zero-order valence-corrected chi connectivity index (χ0v) is 10.6. The van der Waals surface area contributed by atoms with Gasteiger partial charge in [0.25, 0.3) is 0 Å². The van der Waals surface area contributed by atoms with Crippen LogP contribution in [0.25, 0.3) is 0 Å². The van der Waals surface area contributed by atoms with Crippen molar-refractivity contribution in [2.24, 2.45) is 0 Å². The van der Waals surface area contributed by atoms with Crippen molar-refractivity contribution in [1.29, 1.82) is 0 Å². The molecule has 1 rings (SSSR count). The normalized spacial score (nSPS) is 9.94. The summed E-state index contributed by atoms with van der Waals surface area (Å²) in [5.74, 6) is -0.723. The SMILES string of the molecule is Cc1ncsc1CN(C)C(=O)NC(=O)CCl. The first-order chi connectivity index (χ1) is 7.54. The van der Waals surface area contributed by atoms with Crippen molar-refractivity contribution >= 4 is 34.9 Å². The Bertz CT molecular complexity index is 394. The quantitative estimate of drug-likeness (QED) is 0.836. The molecule has 88 valence electrons. The van der Waals surface area contributed by atoms with Crippen molar-refractivity contribution in [3.05, 3.63) is 16.1 Å². The van der Waals surface area contributed by atoms with Gasteiger partial charge in [-0.1, -0.05) is 0 Å². The van der Waals surface area contributed by atoms with Crippen molar-refractivity contribution in [3.8, 4) is 0 Å². The van der Waals surface area contributed by atoms with Gasteiger partial charge >= 0.3 is 6.03 Å². The van der Waals surface area contributed by atoms with Crippen LogP contribution in [0.3, 0.4) is 0 Å². The van der Waals surface area contributed by atoms with Gasteiger partial charge in [0.15, 0.2) is 0 Å². The van der Waals surface area contributed by atoms with Gasteiger partial charge in [-0.15, -0.1) is 22.9 Å². The predicted octanol–water partition coefficient (Wildman–Crippen LogP) is 1.36. The number of nitrogens with one attached hydrogen (secondary N) is 1. The molecule has 0 saturated heterocycles. The summed E-state index contributed by atoms with van der Waals surface area (Å²) in [6.45, 7) is 2.30. The van der Waals surface area contributed by atoms with Crippen LogP contribution >= 0.6 is 22.9 Å². The van der Waals surface area contributed by atoms with E-state index in [0.29, 0.717) is 6.54 Å². The maximum absolute atomic E-state index is 11.5. The van der Waals surface area contributed by atoms with Gasteiger partial charge in [0.1, 0.15) is 5.88 Å². The first-order valence-electron chi connectivity index (χ1n) is 4.54. The molecule has 1 aromatic rings. The molecule has 0 saturated carbocycles. The average Bonchev–Trinajstić information content (AvgIpc) is 2.64. The van der Waals surface area contributed by atoms with Crippen LogP contribution < -0.4 is 5.32 Å². The second-order valence-corrected chi connectivity index (χ2v) is 4.41. The van der Waals surface area contributed by atoms with Crippen molar-refractivity contribution in [2.45, 2.75) is 13.5 Å². The lowest BCUT2D eigenvalue weighted by Crippen LogP contribution is -2.40. The number of aromatic nitrogens is 1. The van der Waals surface area contributed by atoms with Gasteiger partial charge in [0.05, 0.1) is 17.7 Å². The Labute approximate surface area is 102 Å². The summed E-state index contributed by atoms with van der Waals surface area (Å²) in [6.07, 6.45) is 0. The highest BCUT2D eigenvalue weighted by Gasteiger charge is 2.13. The summed E-state index contributed by atoms with van der Waals surface area (Å²) >= 11 is 6.75. The van der Waals surface area contributed by atoms with Crippen LogP contribution in [0.4, 0.5) is 4.79 Å². The molecule has 0 spiro atoms. The maximum Gasteiger partial charge on any atom is 0.324 e. The summed E-state index contributed by atoms with van der Waals surface area (Å²) in [5.41, 5.74) is 2.62. The number of rotatable bonds is 3. The Morgan fingerprint density at radius 1 is 1.62 bits per heavy atom. The van der Waals surface area contributed by atoms with Crippen LogP contribution in [0.5, 0.6) is 0 Å². The number of imide groups is 1. The number of carbonyl (C=O) groups excluding carboxylic acids is 2. The highest BCUT2D eigenvalue weighted by Crippen LogP contribution is 2.13. The summed E-state index contributed by atoms with van der Waals surface area (Å²) < 4.78 is 0. The lowest BCUT2D eigenvalue weighted by molar-refractivity contribution is -0.117. The highest BCUT2D eigenvalue weighted by molar-refractivity contribution is 7.09. The van der Waals surface area contributed by atoms with Gasteiger partial charge in [-0.25, -0.2) is 9.78 Å². The van der Waals surface area contributed by atoms with Crippen molar-refractivity contribution in [2.75, 3.05) is 12.9 Å². The summed E-state index contributed by atoms with van der Waals surface area (Å²) in [4.78, 5) is 28.8. The molecule has 1 heterocycles. The second-order valence-electron chi connectivity index (χ2n) is 3.20. The molecule has 1 N–H and O–H groups in total. The third kappa shape index (κ3) is 3.46. The Morgan fingerprint density at radius 3 is 2.81 bits per heavy atom. The molecule has 0 radical (unpaired) electrons. The zero-order valence-electron chi connectivity index (χ0n) is 8.99. The minimum absolute atomic E-state index is 0.223. The number of hydrogen-bond acceptors (Lipinski definition) is 4. The molecule has 0 unspecified atom stereocenters. The summed E-state index contributed by atoms with van der Waals surface area (Å²) in [6, 6.07) is -0.460. The topological polar surface area (TPSA) is 62.3 Å². The number of hydrogen-bond donors (Lipinski definition) is 1. The molecule has 0 aromatic carbocycles. The lowest BCUT2D eigenvalue weighted by Gasteiger charge is -2.16. The van der Waals surface area contributed by atoms with Crippen LogP contribution in [-0.4, -0.2) is 34.7 Å². The maximum atomic E-state index is 11.5. The van der Waals surface area contributed by atoms with E-state index >= 15 is 0 Å². The number of alkyl halides is 1. The fourth-order valence-electron chi connectivity index (χ4n) is 1.01. The van der Waals surface area contributed by atoms with E-state index in [-0.39, 0.29) is 5.88 Å². The van der Waals surface area contributed by atoms with Gasteiger partial charge in [-0.3, -0.25) is 10.1 Å². The number of halogens is 1. The molecule has 0 bridgehead atoms. The van der Waals surface area contributed by atoms with Gasteiger partial charge in [0, 0.05) is 11.9 Å². The molecule has 0 atom stereocenters. The van der Waals surface area contributed by atoms with Crippen LogP contribution in [0.15, 0.2) is 5.51 Å². The van der Waals surface area contributed by atoms with E-state index < -0.39 is 11.9 Å². The first-order valence-corrected chi connectivity index (χ1v) is 5.96. The second kappa shape index (κ2) is 5.81. The Hall–Kier alpha value is -1.14. The monoisotopic (exact) mass is 261 g/mol. The van der Waals surface area contributed by atoms with E-state index in [9.17, 15) is 9.59 Å². The molecule has 0 aliphatic carbocycles. The van der Waals surface area contributed by atoms with E-state index in [2.05, 4.69) is 10.3 Å². The highest BCUT2D eigenvalue weighted by atomic mass is 35.5. The van der Waals surface area contributed by atoms with E-state index in [1.54, 1.807) is 12.6 Å². The van der Waals surface area contributed by atoms with E-state index in [1.807, 2.05) is 6.92 Å². The molecule has 1 aromatic heterocycles. The first kappa shape index (κ1) is 12.9. The third-order valence-corrected chi connectivity index (χ3v) is 3.10. The van der Waals surface area contributed by atoms with Gasteiger partial charge in [0.2, 0.25) is 5.91 Å². The minimum atomic E-state index is -0.500. The van der Waals surface area contributed by atoms with Crippen LogP contribution in [0, 0.1) is 6.92 Å². The molecular formula is C9H12ClN3O2S. The molecule has 0 fully saturated rings. The van der Waals surface area contributed by atoms with Crippen molar-refractivity contribution in [3.63, 3.8) is 0 Å². The zero-order chi connectivity index (χ0) is 12.1. The standard InChI is InChI=1S/C9H12ClN3O2S/c1-6-7(16-5-11-6)4-13(2)9(15)12-8(14)3-10/h5H,3-4H2,1-2H3,(H,12,14,15). The van der Waals surface area contributed by atoms with Crippen LogP contribution in [-0.2, 0) is 11.3 Å². The van der Waals surface area contributed by atoms with Crippen molar-refractivity contribution < 1.29 is 9.59 Å². The fourth-order valence-corrected chi connectivity index (χ4v) is 1.91. The minimum Gasteiger partial charge on any atom is -0.322 e. The molecule has 16 heavy (non-hydrogen) atoms. The third-order valence-electron chi connectivity index (χ3n) is 1.94. The van der Waals surface area contributed by atoms with E-state index in [0.717, 1.165) is 10.6 Å². The number of nitrogens with zero attached hydrogens (tertiary/aromatic N) is 2. The number of aryl methyl sites for hydroxylation is 1. The number of amides is 3. The molecule has 3 amide bonds. The van der Waals surface area contributed by atoms with E-state index in [4.69, 9.17) is 11.6 Å². The van der Waals surface area contributed by atoms with Crippen LogP contribution in [0.1, 0.15) is 10.6 Å². The van der Waals surface area contributed by atoms with Gasteiger partial charge in [-0.2, -0.15) is 0 Å². The van der Waals surface area contributed by atoms with Gasteiger partial charge in [-0.05, 0) is 6.92 Å². The Morgan fingerprint density at radius 2 is 2.31 bits per heavy atom. The summed E-state index contributed by atoms with van der Waals surface area (Å²) in [7, 11) is 1.61. The van der Waals surface area contributed by atoms with Gasteiger partial charge < -0.3 is 4.90 Å². The van der Waals surface area contributed by atoms with E-state index in [1.165, 1.54) is 16.2 Å². The number of carbonyl (C=O) groups is 2. The van der Waals surface area contributed by atoms with Crippen LogP contribution in [0.2, 0.25) is 0 Å². The molecular weight excluding hydrogens is 250 g/mol. The molecule has 0 aliphatic rings. The predicted molar refractivity (Wildman–Crippen MR) is 62.6 cm³/mol. The largest absolute Gasteiger partial charge is 0.324 e. The number of urea groups is 1. The lowest BCUT2D eigenvalue weighted by atomic mass is 10.4. The summed E-state index contributed by atoms with van der Waals surface area (Å²) in [5, 5.41) is 2.16. The average molecular weight is 262 g/mol. The molecule has 5 nitrogen and oxygen atoms in total. The Balaban J connectivity index is 2.52. The number of thiazole rings is 1. The van der Waals surface area contributed by atoms with Crippen molar-refractivity contribution in [1.82, 2.24) is 15.2 Å². The molecule has 0 aliphatic heterocycles. The fraction of sp³-hybridized carbons (Fsp3) is 0.444. The Kier molecular flexibility index (Phi) is 4.70. The molecule has 7 heteroatoms.